The highest BCUT2D eigenvalue weighted by atomic mass is 35.5. The highest BCUT2D eigenvalue weighted by molar-refractivity contribution is 7.92. The Labute approximate surface area is 191 Å². The molecule has 0 radical (unpaired) electrons. The van der Waals surface area contributed by atoms with Crippen LogP contribution in [0.3, 0.4) is 0 Å². The third kappa shape index (κ3) is 5.28. The number of nitrogens with zero attached hydrogens (tertiary/aromatic N) is 3. The predicted molar refractivity (Wildman–Crippen MR) is 97.9 cm³/mol. The number of esters is 1. The van der Waals surface area contributed by atoms with E-state index in [4.69, 9.17) is 33.3 Å². The van der Waals surface area contributed by atoms with E-state index in [2.05, 4.69) is 9.84 Å². The van der Waals surface area contributed by atoms with Gasteiger partial charge in [-0.1, -0.05) is 28.0 Å². The van der Waals surface area contributed by atoms with Gasteiger partial charge in [0.25, 0.3) is 9.84 Å². The molecule has 180 valence electrons. The van der Waals surface area contributed by atoms with Crippen molar-refractivity contribution in [3.8, 4) is 6.07 Å². The molecule has 1 aromatic heterocycles. The summed E-state index contributed by atoms with van der Waals surface area (Å²) < 4.78 is 106. The van der Waals surface area contributed by atoms with E-state index in [0.29, 0.717) is 12.1 Å². The summed E-state index contributed by atoms with van der Waals surface area (Å²) in [5.41, 5.74) is -10.2. The second-order valence-corrected chi connectivity index (χ2v) is 8.56. The minimum absolute atomic E-state index is 0.0283. The maximum Gasteiger partial charge on any atom is 0.502 e. The largest absolute Gasteiger partial charge is 0.502 e. The van der Waals surface area contributed by atoms with Gasteiger partial charge in [-0.15, -0.1) is 5.10 Å². The van der Waals surface area contributed by atoms with Crippen LogP contribution < -0.4 is 4.84 Å². The monoisotopic (exact) mass is 539 g/mol. The van der Waals surface area contributed by atoms with Crippen LogP contribution in [0.4, 0.5) is 26.3 Å². The Kier molecular flexibility index (Phi) is 7.46. The molecule has 17 heteroatoms. The number of sulfone groups is 1. The fourth-order valence-electron chi connectivity index (χ4n) is 2.32. The van der Waals surface area contributed by atoms with Gasteiger partial charge < -0.3 is 9.57 Å². The molecule has 0 spiro atoms. The number of alkyl halides is 6. The van der Waals surface area contributed by atoms with Crippen molar-refractivity contribution in [2.75, 3.05) is 6.61 Å². The molecule has 0 fully saturated rings. The minimum atomic E-state index is -6.28. The molecule has 33 heavy (non-hydrogen) atoms. The Hall–Kier alpha value is -2.70. The fourth-order valence-corrected chi connectivity index (χ4v) is 3.91. The van der Waals surface area contributed by atoms with Crippen molar-refractivity contribution >= 4 is 39.0 Å². The maximum atomic E-state index is 13.1. The van der Waals surface area contributed by atoms with Crippen molar-refractivity contribution < 1.29 is 49.1 Å². The summed E-state index contributed by atoms with van der Waals surface area (Å²) in [4.78, 5) is 15.3. The molecule has 0 atom stereocenters. The van der Waals surface area contributed by atoms with Crippen LogP contribution in [0.25, 0.3) is 0 Å². The molecule has 0 saturated heterocycles. The number of hydrogen-bond donors (Lipinski definition) is 0. The maximum absolute atomic E-state index is 13.1. The first-order chi connectivity index (χ1) is 15.1. The first-order valence-corrected chi connectivity index (χ1v) is 10.5. The van der Waals surface area contributed by atoms with Crippen LogP contribution in [-0.2, 0) is 27.4 Å². The first-order valence-electron chi connectivity index (χ1n) is 8.26. The molecule has 0 amide bonds. The second kappa shape index (κ2) is 9.27. The van der Waals surface area contributed by atoms with Gasteiger partial charge in [-0.05, 0) is 19.1 Å². The summed E-state index contributed by atoms with van der Waals surface area (Å²) in [5, 5.41) is 11.2. The number of aromatic nitrogens is 2. The van der Waals surface area contributed by atoms with Gasteiger partial charge in [0.15, 0.2) is 10.6 Å². The van der Waals surface area contributed by atoms with Crippen molar-refractivity contribution in [3.63, 3.8) is 0 Å². The molecule has 0 bridgehead atoms. The zero-order valence-corrected chi connectivity index (χ0v) is 18.2. The third-order valence-electron chi connectivity index (χ3n) is 3.76. The number of carbonyl (C=O) groups excluding carboxylic acids is 1. The Morgan fingerprint density at radius 2 is 1.73 bits per heavy atom. The molecule has 2 aromatic rings. The number of hydrogen-bond acceptors (Lipinski definition) is 7. The van der Waals surface area contributed by atoms with E-state index >= 15 is 0 Å². The summed E-state index contributed by atoms with van der Waals surface area (Å²) in [7, 11) is -6.28. The van der Waals surface area contributed by atoms with Gasteiger partial charge in [0, 0.05) is 15.6 Å². The van der Waals surface area contributed by atoms with E-state index in [-0.39, 0.29) is 10.4 Å². The lowest BCUT2D eigenvalue weighted by molar-refractivity contribution is -0.137. The fraction of sp³-hybridized carbons (Fsp3) is 0.312. The molecule has 0 aliphatic heterocycles. The summed E-state index contributed by atoms with van der Waals surface area (Å²) in [5.74, 6) is -1.64. The van der Waals surface area contributed by atoms with Gasteiger partial charge >= 0.3 is 17.7 Å². The van der Waals surface area contributed by atoms with Gasteiger partial charge in [0.05, 0.1) is 12.2 Å². The zero-order valence-electron chi connectivity index (χ0n) is 15.9. The number of halogens is 8. The number of rotatable bonds is 6. The van der Waals surface area contributed by atoms with Gasteiger partial charge in [-0.3, -0.25) is 0 Å². The van der Waals surface area contributed by atoms with Crippen molar-refractivity contribution in [1.29, 1.82) is 5.26 Å². The Balaban J connectivity index is 2.61. The predicted octanol–water partition coefficient (Wildman–Crippen LogP) is 4.18. The van der Waals surface area contributed by atoms with E-state index in [0.717, 1.165) is 6.07 Å². The molecule has 0 saturated carbocycles. The molecular formula is C16H9Cl2F6N3O5S. The van der Waals surface area contributed by atoms with E-state index in [1.807, 2.05) is 0 Å². The second-order valence-electron chi connectivity index (χ2n) is 5.87. The van der Waals surface area contributed by atoms with E-state index in [1.165, 1.54) is 6.92 Å². The molecule has 0 aliphatic carbocycles. The Morgan fingerprint density at radius 3 is 2.15 bits per heavy atom. The van der Waals surface area contributed by atoms with Crippen molar-refractivity contribution in [2.45, 2.75) is 30.1 Å². The summed E-state index contributed by atoms with van der Waals surface area (Å²) in [6, 6.07) is 2.08. The van der Waals surface area contributed by atoms with Crippen molar-refractivity contribution in [1.82, 2.24) is 9.94 Å². The zero-order chi connectivity index (χ0) is 25.4. The lowest BCUT2D eigenvalue weighted by atomic mass is 10.1. The van der Waals surface area contributed by atoms with E-state index < -0.39 is 72.6 Å². The lowest BCUT2D eigenvalue weighted by Gasteiger charge is -2.14. The smallest absolute Gasteiger partial charge is 0.461 e. The SMILES string of the molecule is CCOC(=O)c1c(S(=O)(=O)C(F)(F)F)c(C#N)nn1OCc1c(Cl)cc(C(F)(F)F)cc1Cl. The normalized spacial score (nSPS) is 12.4. The highest BCUT2D eigenvalue weighted by Gasteiger charge is 2.52. The third-order valence-corrected chi connectivity index (χ3v) is 5.97. The standard InChI is InChI=1S/C16H9Cl2F6N3O5S/c1-2-31-14(28)12-13(33(29,30)16(22,23)24)11(5-25)26-27(12)32-6-8-9(17)3-7(4-10(8)18)15(19,20)21/h3-4H,2,6H2,1H3. The molecule has 2 rings (SSSR count). The Morgan fingerprint density at radius 1 is 1.18 bits per heavy atom. The average Bonchev–Trinajstić information content (AvgIpc) is 3.05. The molecular weight excluding hydrogens is 531 g/mol. The number of benzene rings is 1. The van der Waals surface area contributed by atoms with Crippen molar-refractivity contribution in [3.05, 3.63) is 44.7 Å². The van der Waals surface area contributed by atoms with Gasteiger partial charge in [-0.2, -0.15) is 31.6 Å². The summed E-state index contributed by atoms with van der Waals surface area (Å²) >= 11 is 11.5. The minimum Gasteiger partial charge on any atom is -0.461 e. The van der Waals surface area contributed by atoms with Crippen LogP contribution >= 0.6 is 23.2 Å². The van der Waals surface area contributed by atoms with Crippen molar-refractivity contribution in [2.24, 2.45) is 0 Å². The number of carbonyl (C=O) groups is 1. The van der Waals surface area contributed by atoms with Gasteiger partial charge in [0.2, 0.25) is 5.69 Å². The van der Waals surface area contributed by atoms with Crippen LogP contribution in [0.5, 0.6) is 0 Å². The molecule has 1 heterocycles. The van der Waals surface area contributed by atoms with Crippen LogP contribution in [0.2, 0.25) is 10.0 Å². The highest BCUT2D eigenvalue weighted by Crippen LogP contribution is 2.37. The quantitative estimate of drug-likeness (QED) is 0.400. The van der Waals surface area contributed by atoms with Crippen LogP contribution in [-0.4, -0.2) is 36.4 Å². The van der Waals surface area contributed by atoms with E-state index in [9.17, 15) is 39.6 Å². The van der Waals surface area contributed by atoms with Crippen LogP contribution in [0.15, 0.2) is 17.0 Å². The first kappa shape index (κ1) is 26.6. The topological polar surface area (TPSA) is 111 Å². The molecule has 0 aliphatic rings. The Bertz CT molecular complexity index is 1210. The average molecular weight is 540 g/mol. The van der Waals surface area contributed by atoms with Crippen LogP contribution in [0, 0.1) is 11.3 Å². The summed E-state index contributed by atoms with van der Waals surface area (Å²) in [6.45, 7) is -0.0431. The molecule has 1 aromatic carbocycles. The molecule has 0 N–H and O–H groups in total. The van der Waals surface area contributed by atoms with Gasteiger partial charge in [0.1, 0.15) is 12.7 Å². The van der Waals surface area contributed by atoms with E-state index in [1.54, 1.807) is 0 Å². The molecule has 0 unspecified atom stereocenters. The number of ether oxygens (including phenoxy) is 1. The number of nitriles is 1. The van der Waals surface area contributed by atoms with Gasteiger partial charge in [-0.25, -0.2) is 13.2 Å². The summed E-state index contributed by atoms with van der Waals surface area (Å²) in [6.07, 6.45) is -4.80. The molecule has 8 nitrogen and oxygen atoms in total. The lowest BCUT2D eigenvalue weighted by Crippen LogP contribution is -2.27. The van der Waals surface area contributed by atoms with Crippen LogP contribution in [0.1, 0.15) is 34.2 Å².